The van der Waals surface area contributed by atoms with Crippen LogP contribution in [-0.2, 0) is 14.9 Å². The topological polar surface area (TPSA) is 104 Å². The first-order valence-corrected chi connectivity index (χ1v) is 18.1. The van der Waals surface area contributed by atoms with Gasteiger partial charge in [-0.05, 0) is 32.1 Å². The Hall–Kier alpha value is -1.18. The zero-order chi connectivity index (χ0) is 29.7. The molecule has 0 aromatic heterocycles. The van der Waals surface area contributed by atoms with E-state index in [0.717, 1.165) is 38.5 Å². The van der Waals surface area contributed by atoms with E-state index >= 15 is 0 Å². The highest BCUT2D eigenvalue weighted by Crippen LogP contribution is 2.13. The summed E-state index contributed by atoms with van der Waals surface area (Å²) in [5.41, 5.74) is 0. The average molecular weight is 586 g/mol. The second-order valence-corrected chi connectivity index (χ2v) is 12.9. The summed E-state index contributed by atoms with van der Waals surface area (Å²) >= 11 is 0. The number of rotatable bonds is 29. The normalized spacial score (nSPS) is 13.8. The predicted octanol–water partition coefficient (Wildman–Crippen LogP) is 8.84. The van der Waals surface area contributed by atoms with Gasteiger partial charge in [-0.15, -0.1) is 0 Å². The zero-order valence-electron chi connectivity index (χ0n) is 26.0. The lowest BCUT2D eigenvalue weighted by Gasteiger charge is -2.21. The highest BCUT2D eigenvalue weighted by atomic mass is 32.2. The number of carbonyl (C=O) groups excluding carboxylic acids is 1. The van der Waals surface area contributed by atoms with E-state index in [4.69, 9.17) is 0 Å². The first-order valence-electron chi connectivity index (χ1n) is 16.5. The van der Waals surface area contributed by atoms with Crippen LogP contribution in [0.1, 0.15) is 162 Å². The van der Waals surface area contributed by atoms with Crippen LogP contribution in [0.2, 0.25) is 0 Å². The number of allylic oxidation sites excluding steroid dienone is 3. The molecule has 2 unspecified atom stereocenters. The molecule has 0 aliphatic heterocycles. The van der Waals surface area contributed by atoms with Gasteiger partial charge >= 0.3 is 0 Å². The Morgan fingerprint density at radius 3 is 1.57 bits per heavy atom. The molecule has 3 N–H and O–H groups in total. The summed E-state index contributed by atoms with van der Waals surface area (Å²) in [6.45, 7) is 4.44. The summed E-state index contributed by atoms with van der Waals surface area (Å²) < 4.78 is 32.1. The third-order valence-electron chi connectivity index (χ3n) is 7.38. The van der Waals surface area contributed by atoms with Crippen molar-refractivity contribution in [3.63, 3.8) is 0 Å². The Balaban J connectivity index is 4.02. The third-order valence-corrected chi connectivity index (χ3v) is 8.16. The van der Waals surface area contributed by atoms with Gasteiger partial charge in [0.1, 0.15) is 0 Å². The van der Waals surface area contributed by atoms with Gasteiger partial charge in [0.2, 0.25) is 5.91 Å². The molecule has 0 aromatic carbocycles. The number of amides is 1. The molecule has 1 amide bonds. The number of aliphatic hydroxyl groups excluding tert-OH is 1. The highest BCUT2D eigenvalue weighted by Gasteiger charge is 2.24. The van der Waals surface area contributed by atoms with Gasteiger partial charge in [0.15, 0.2) is 0 Å². The van der Waals surface area contributed by atoms with Crippen LogP contribution in [0, 0.1) is 0 Å². The minimum absolute atomic E-state index is 0.288. The molecule has 0 heterocycles. The molecular weight excluding hydrogens is 522 g/mol. The highest BCUT2D eigenvalue weighted by molar-refractivity contribution is 7.85. The van der Waals surface area contributed by atoms with E-state index in [1.807, 2.05) is 0 Å². The molecule has 0 bridgehead atoms. The first kappa shape index (κ1) is 38.8. The summed E-state index contributed by atoms with van der Waals surface area (Å²) in [5, 5.41) is 13.1. The van der Waals surface area contributed by atoms with Crippen LogP contribution in [0.3, 0.4) is 0 Å². The van der Waals surface area contributed by atoms with Gasteiger partial charge in [0.05, 0.1) is 17.9 Å². The van der Waals surface area contributed by atoms with E-state index in [2.05, 4.69) is 31.3 Å². The standard InChI is InChI=1S/C33H63NO5S/c1-3-5-7-9-11-12-13-14-15-16-17-18-19-20-21-23-24-26-28-32(35)31(30-40(37,38)39)34-33(36)29-27-25-22-10-8-6-4-2/h20-21,26,28,31-32,35H,3-19,22-25,27,29-30H2,1-2H3,(H,34,36)(H,37,38,39)/b21-20+,28-26+. The van der Waals surface area contributed by atoms with E-state index in [0.29, 0.717) is 0 Å². The van der Waals surface area contributed by atoms with Crippen molar-refractivity contribution in [2.24, 2.45) is 0 Å². The second kappa shape index (κ2) is 28.0. The third kappa shape index (κ3) is 28.4. The van der Waals surface area contributed by atoms with E-state index in [1.54, 1.807) is 6.08 Å². The van der Waals surface area contributed by atoms with Gasteiger partial charge in [0.25, 0.3) is 10.1 Å². The Morgan fingerprint density at radius 1 is 0.650 bits per heavy atom. The maximum Gasteiger partial charge on any atom is 0.267 e. The lowest BCUT2D eigenvalue weighted by molar-refractivity contribution is -0.122. The maximum atomic E-state index is 12.3. The van der Waals surface area contributed by atoms with Crippen molar-refractivity contribution in [2.75, 3.05) is 5.75 Å². The molecule has 0 aromatic rings. The smallest absolute Gasteiger partial charge is 0.267 e. The quantitative estimate of drug-likeness (QED) is 0.0462. The monoisotopic (exact) mass is 585 g/mol. The molecule has 0 spiro atoms. The van der Waals surface area contributed by atoms with Crippen LogP contribution >= 0.6 is 0 Å². The summed E-state index contributed by atoms with van der Waals surface area (Å²) in [7, 11) is -4.33. The van der Waals surface area contributed by atoms with E-state index in [1.165, 1.54) is 109 Å². The fourth-order valence-electron chi connectivity index (χ4n) is 4.88. The van der Waals surface area contributed by atoms with Gasteiger partial charge in [-0.3, -0.25) is 9.35 Å². The molecule has 0 saturated carbocycles. The molecule has 7 heteroatoms. The molecule has 0 aliphatic carbocycles. The van der Waals surface area contributed by atoms with Crippen molar-refractivity contribution in [2.45, 2.75) is 174 Å². The van der Waals surface area contributed by atoms with Gasteiger partial charge in [-0.25, -0.2) is 0 Å². The largest absolute Gasteiger partial charge is 0.387 e. The number of aliphatic hydroxyl groups is 1. The second-order valence-electron chi connectivity index (χ2n) is 11.4. The Labute approximate surface area is 247 Å². The molecule has 2 atom stereocenters. The number of hydrogen-bond acceptors (Lipinski definition) is 4. The van der Waals surface area contributed by atoms with E-state index < -0.39 is 28.0 Å². The summed E-state index contributed by atoms with van der Waals surface area (Å²) in [6, 6.07) is -1.07. The summed E-state index contributed by atoms with van der Waals surface area (Å²) in [6.07, 6.45) is 33.3. The van der Waals surface area contributed by atoms with Gasteiger partial charge in [0, 0.05) is 6.42 Å². The van der Waals surface area contributed by atoms with Crippen molar-refractivity contribution in [1.82, 2.24) is 5.32 Å². The molecule has 0 aliphatic rings. The molecule has 0 fully saturated rings. The van der Waals surface area contributed by atoms with Crippen LogP contribution in [0.15, 0.2) is 24.3 Å². The molecule has 236 valence electrons. The van der Waals surface area contributed by atoms with E-state index in [9.17, 15) is 22.9 Å². The van der Waals surface area contributed by atoms with Gasteiger partial charge < -0.3 is 10.4 Å². The fourth-order valence-corrected chi connectivity index (χ4v) is 5.61. The SMILES string of the molecule is CCCCCCCCCCCCCC/C=C/CC/C=C/C(O)C(CS(=O)(=O)O)NC(=O)CCCCCCCCC. The summed E-state index contributed by atoms with van der Waals surface area (Å²) in [5.74, 6) is -1.00. The predicted molar refractivity (Wildman–Crippen MR) is 170 cm³/mol. The number of hydrogen-bond donors (Lipinski definition) is 3. The number of nitrogens with one attached hydrogen (secondary N) is 1. The lowest BCUT2D eigenvalue weighted by Crippen LogP contribution is -2.46. The minimum Gasteiger partial charge on any atom is -0.387 e. The lowest BCUT2D eigenvalue weighted by atomic mass is 10.0. The molecule has 40 heavy (non-hydrogen) atoms. The van der Waals surface area contributed by atoms with Crippen LogP contribution in [0.5, 0.6) is 0 Å². The molecule has 0 radical (unpaired) electrons. The van der Waals surface area contributed by atoms with Crippen molar-refractivity contribution in [1.29, 1.82) is 0 Å². The number of unbranched alkanes of at least 4 members (excludes halogenated alkanes) is 19. The van der Waals surface area contributed by atoms with Crippen molar-refractivity contribution < 1.29 is 22.9 Å². The Kier molecular flexibility index (Phi) is 27.1. The van der Waals surface area contributed by atoms with Crippen LogP contribution in [-0.4, -0.2) is 41.9 Å². The van der Waals surface area contributed by atoms with Gasteiger partial charge in [-0.2, -0.15) is 8.42 Å². The van der Waals surface area contributed by atoms with Crippen LogP contribution in [0.25, 0.3) is 0 Å². The number of carbonyl (C=O) groups is 1. The van der Waals surface area contributed by atoms with Crippen LogP contribution in [0.4, 0.5) is 0 Å². The summed E-state index contributed by atoms with van der Waals surface area (Å²) in [4.78, 5) is 12.3. The average Bonchev–Trinajstić information content (AvgIpc) is 2.90. The first-order chi connectivity index (χ1) is 19.3. The van der Waals surface area contributed by atoms with E-state index in [-0.39, 0.29) is 12.3 Å². The molecule has 6 nitrogen and oxygen atoms in total. The maximum absolute atomic E-state index is 12.3. The van der Waals surface area contributed by atoms with Crippen LogP contribution < -0.4 is 5.32 Å². The minimum atomic E-state index is -4.33. The van der Waals surface area contributed by atoms with Crippen molar-refractivity contribution in [3.8, 4) is 0 Å². The molecule has 0 rings (SSSR count). The van der Waals surface area contributed by atoms with Crippen molar-refractivity contribution in [3.05, 3.63) is 24.3 Å². The Morgan fingerprint density at radius 2 is 1.07 bits per heavy atom. The zero-order valence-corrected chi connectivity index (χ0v) is 26.8. The molecule has 0 saturated heterocycles. The molecular formula is C33H63NO5S. The fraction of sp³-hybridized carbons (Fsp3) is 0.848. The van der Waals surface area contributed by atoms with Gasteiger partial charge in [-0.1, -0.05) is 147 Å². The Bertz CT molecular complexity index is 735. The van der Waals surface area contributed by atoms with Crippen molar-refractivity contribution >= 4 is 16.0 Å².